The van der Waals surface area contributed by atoms with E-state index in [0.29, 0.717) is 11.5 Å². The highest BCUT2D eigenvalue weighted by molar-refractivity contribution is 7.12. The van der Waals surface area contributed by atoms with Crippen LogP contribution in [0.2, 0.25) is 10.0 Å². The Morgan fingerprint density at radius 1 is 1.12 bits per heavy atom. The maximum absolute atomic E-state index is 12.3. The van der Waals surface area contributed by atoms with E-state index in [1.165, 1.54) is 30.6 Å². The van der Waals surface area contributed by atoms with Crippen LogP contribution in [-0.4, -0.2) is 38.7 Å². The summed E-state index contributed by atoms with van der Waals surface area (Å²) in [6.45, 7) is 0.122. The van der Waals surface area contributed by atoms with Crippen molar-refractivity contribution in [3.63, 3.8) is 0 Å². The lowest BCUT2D eigenvalue weighted by molar-refractivity contribution is -0.147. The van der Waals surface area contributed by atoms with Crippen molar-refractivity contribution < 1.29 is 23.8 Å². The first-order valence-electron chi connectivity index (χ1n) is 6.88. The molecule has 2 rings (SSSR count). The minimum Gasteiger partial charge on any atom is -0.480 e. The van der Waals surface area contributed by atoms with Gasteiger partial charge in [0.15, 0.2) is 6.61 Å². The van der Waals surface area contributed by atoms with Gasteiger partial charge in [-0.2, -0.15) is 0 Å². The van der Waals surface area contributed by atoms with E-state index in [4.69, 9.17) is 37.4 Å². The van der Waals surface area contributed by atoms with Crippen LogP contribution >= 0.6 is 34.5 Å². The summed E-state index contributed by atoms with van der Waals surface area (Å²) in [6.07, 6.45) is 0. The molecule has 5 nitrogen and oxygen atoms in total. The molecule has 1 aromatic carbocycles. The fourth-order valence-corrected chi connectivity index (χ4v) is 2.92. The second kappa shape index (κ2) is 9.03. The molecule has 0 amide bonds. The van der Waals surface area contributed by atoms with E-state index in [-0.39, 0.29) is 40.4 Å². The van der Waals surface area contributed by atoms with Crippen molar-refractivity contribution in [1.29, 1.82) is 0 Å². The molecule has 0 aliphatic heterocycles. The largest absolute Gasteiger partial charge is 0.480 e. The van der Waals surface area contributed by atoms with Crippen molar-refractivity contribution in [2.24, 2.45) is 0 Å². The summed E-state index contributed by atoms with van der Waals surface area (Å²) in [5, 5.41) is 1.96. The standard InChI is InChI=1S/C16H14Cl2O5S/c1-21-6-7-22-13(19)9-23-11-5-4-10(14(17)15(11)18)16(20)12-3-2-8-24-12/h2-5,8H,6-7,9H2,1H3. The second-order valence-corrected chi connectivity index (χ2v) is 6.25. The summed E-state index contributed by atoms with van der Waals surface area (Å²) in [6, 6.07) is 6.50. The van der Waals surface area contributed by atoms with Crippen LogP contribution in [0.5, 0.6) is 5.75 Å². The number of methoxy groups -OCH3 is 1. The topological polar surface area (TPSA) is 61.8 Å². The molecule has 24 heavy (non-hydrogen) atoms. The van der Waals surface area contributed by atoms with Gasteiger partial charge in [0, 0.05) is 12.7 Å². The minimum absolute atomic E-state index is 0.0729. The maximum atomic E-state index is 12.3. The van der Waals surface area contributed by atoms with Crippen molar-refractivity contribution in [2.75, 3.05) is 26.9 Å². The van der Waals surface area contributed by atoms with E-state index < -0.39 is 5.97 Å². The Kier molecular flexibility index (Phi) is 7.05. The number of carbonyl (C=O) groups excluding carboxylic acids is 2. The molecule has 0 unspecified atom stereocenters. The molecule has 0 bridgehead atoms. The number of benzene rings is 1. The molecule has 0 saturated carbocycles. The summed E-state index contributed by atoms with van der Waals surface area (Å²) in [5.41, 5.74) is 0.277. The molecule has 0 atom stereocenters. The zero-order chi connectivity index (χ0) is 17.5. The molecule has 0 aliphatic carbocycles. The molecular weight excluding hydrogens is 375 g/mol. The molecule has 1 aromatic heterocycles. The molecule has 0 radical (unpaired) electrons. The lowest BCUT2D eigenvalue weighted by Gasteiger charge is -2.11. The van der Waals surface area contributed by atoms with Gasteiger partial charge in [0.1, 0.15) is 17.4 Å². The molecular formula is C16H14Cl2O5S. The summed E-state index contributed by atoms with van der Waals surface area (Å²) in [4.78, 5) is 24.4. The maximum Gasteiger partial charge on any atom is 0.344 e. The van der Waals surface area contributed by atoms with Gasteiger partial charge in [-0.15, -0.1) is 11.3 Å². The predicted octanol–water partition coefficient (Wildman–Crippen LogP) is 3.85. The molecule has 0 fully saturated rings. The summed E-state index contributed by atoms with van der Waals surface area (Å²) >= 11 is 13.6. The van der Waals surface area contributed by atoms with E-state index in [0.717, 1.165) is 0 Å². The zero-order valence-electron chi connectivity index (χ0n) is 12.7. The zero-order valence-corrected chi connectivity index (χ0v) is 15.0. The molecule has 0 N–H and O–H groups in total. The van der Waals surface area contributed by atoms with Gasteiger partial charge in [0.2, 0.25) is 5.78 Å². The summed E-state index contributed by atoms with van der Waals surface area (Å²) < 4.78 is 14.9. The van der Waals surface area contributed by atoms with Crippen molar-refractivity contribution in [3.05, 3.63) is 50.1 Å². The van der Waals surface area contributed by atoms with Crippen LogP contribution in [0.3, 0.4) is 0 Å². The normalized spacial score (nSPS) is 10.5. The van der Waals surface area contributed by atoms with E-state index >= 15 is 0 Å². The predicted molar refractivity (Wildman–Crippen MR) is 92.5 cm³/mol. The number of esters is 1. The highest BCUT2D eigenvalue weighted by Gasteiger charge is 2.19. The van der Waals surface area contributed by atoms with Crippen LogP contribution in [-0.2, 0) is 14.3 Å². The number of halogens is 2. The SMILES string of the molecule is COCCOC(=O)COc1ccc(C(=O)c2cccs2)c(Cl)c1Cl. The minimum atomic E-state index is -0.557. The van der Waals surface area contributed by atoms with Crippen LogP contribution in [0.1, 0.15) is 15.2 Å². The summed E-state index contributed by atoms with van der Waals surface area (Å²) in [5.74, 6) is -0.575. The van der Waals surface area contributed by atoms with Gasteiger partial charge in [0.05, 0.1) is 16.5 Å². The van der Waals surface area contributed by atoms with Crippen molar-refractivity contribution in [3.8, 4) is 5.75 Å². The number of ketones is 1. The Labute approximate surface area is 153 Å². The Bertz CT molecular complexity index is 716. The first-order valence-corrected chi connectivity index (χ1v) is 8.51. The average Bonchev–Trinajstić information content (AvgIpc) is 3.10. The van der Waals surface area contributed by atoms with Crippen LogP contribution < -0.4 is 4.74 Å². The lowest BCUT2D eigenvalue weighted by Crippen LogP contribution is -2.17. The van der Waals surface area contributed by atoms with Gasteiger partial charge in [0.25, 0.3) is 0 Å². The van der Waals surface area contributed by atoms with E-state index in [1.54, 1.807) is 17.5 Å². The summed E-state index contributed by atoms with van der Waals surface area (Å²) in [7, 11) is 1.51. The third-order valence-corrected chi connectivity index (χ3v) is 4.67. The number of ether oxygens (including phenoxy) is 3. The highest BCUT2D eigenvalue weighted by Crippen LogP contribution is 2.36. The Hall–Kier alpha value is -1.60. The van der Waals surface area contributed by atoms with E-state index in [2.05, 4.69) is 0 Å². The molecule has 1 heterocycles. The van der Waals surface area contributed by atoms with E-state index in [9.17, 15) is 9.59 Å². The molecule has 2 aromatic rings. The van der Waals surface area contributed by atoms with E-state index in [1.807, 2.05) is 0 Å². The van der Waals surface area contributed by atoms with Crippen molar-refractivity contribution in [1.82, 2.24) is 0 Å². The molecule has 8 heteroatoms. The smallest absolute Gasteiger partial charge is 0.344 e. The molecule has 128 valence electrons. The number of carbonyl (C=O) groups is 2. The van der Waals surface area contributed by atoms with Gasteiger partial charge in [-0.05, 0) is 23.6 Å². The first-order chi connectivity index (χ1) is 11.5. The van der Waals surface area contributed by atoms with Crippen molar-refractivity contribution in [2.45, 2.75) is 0 Å². The van der Waals surface area contributed by atoms with Gasteiger partial charge in [-0.3, -0.25) is 4.79 Å². The molecule has 0 saturated heterocycles. The third-order valence-electron chi connectivity index (χ3n) is 2.93. The van der Waals surface area contributed by atoms with Crippen LogP contribution in [0.4, 0.5) is 0 Å². The Balaban J connectivity index is 2.04. The number of rotatable bonds is 8. The quantitative estimate of drug-likeness (QED) is 0.390. The second-order valence-electron chi connectivity index (χ2n) is 4.55. The van der Waals surface area contributed by atoms with Crippen LogP contribution in [0, 0.1) is 0 Å². The third kappa shape index (κ3) is 4.70. The number of thiophene rings is 1. The van der Waals surface area contributed by atoms with Crippen LogP contribution in [0.15, 0.2) is 29.6 Å². The van der Waals surface area contributed by atoms with Gasteiger partial charge >= 0.3 is 5.97 Å². The van der Waals surface area contributed by atoms with Crippen LogP contribution in [0.25, 0.3) is 0 Å². The Morgan fingerprint density at radius 3 is 2.58 bits per heavy atom. The number of hydrogen-bond acceptors (Lipinski definition) is 6. The van der Waals surface area contributed by atoms with Gasteiger partial charge < -0.3 is 14.2 Å². The first kappa shape index (κ1) is 18.7. The van der Waals surface area contributed by atoms with Crippen molar-refractivity contribution >= 4 is 46.3 Å². The number of hydrogen-bond donors (Lipinski definition) is 0. The van der Waals surface area contributed by atoms with Gasteiger partial charge in [-0.25, -0.2) is 4.79 Å². The monoisotopic (exact) mass is 388 g/mol. The fourth-order valence-electron chi connectivity index (χ4n) is 1.78. The Morgan fingerprint density at radius 2 is 1.92 bits per heavy atom. The fraction of sp³-hybridized carbons (Fsp3) is 0.250. The lowest BCUT2D eigenvalue weighted by atomic mass is 10.1. The molecule has 0 spiro atoms. The molecule has 0 aliphatic rings. The average molecular weight is 389 g/mol. The highest BCUT2D eigenvalue weighted by atomic mass is 35.5. The van der Waals surface area contributed by atoms with Gasteiger partial charge in [-0.1, -0.05) is 29.3 Å².